The average Bonchev–Trinajstić information content (AvgIpc) is 2.07. The summed E-state index contributed by atoms with van der Waals surface area (Å²) < 4.78 is 1.54. The quantitative estimate of drug-likeness (QED) is 0.580. The molecular formula is C7H7BrN2O2S2. The van der Waals surface area contributed by atoms with Crippen LogP contribution in [0, 0.1) is 0 Å². The van der Waals surface area contributed by atoms with E-state index in [1.54, 1.807) is 24.3 Å². The minimum Gasteiger partial charge on any atom is -0.464 e. The second kappa shape index (κ2) is 4.92. The van der Waals surface area contributed by atoms with Crippen LogP contribution in [0.3, 0.4) is 0 Å². The molecule has 0 aliphatic carbocycles. The molecule has 0 radical (unpaired) electrons. The summed E-state index contributed by atoms with van der Waals surface area (Å²) in [5.41, 5.74) is 0.449. The summed E-state index contributed by atoms with van der Waals surface area (Å²) in [4.78, 5) is 10.9. The number of benzene rings is 1. The summed E-state index contributed by atoms with van der Waals surface area (Å²) in [6, 6.07) is 6.88. The number of halogens is 1. The molecule has 76 valence electrons. The maximum absolute atomic E-state index is 10.9. The molecule has 0 saturated heterocycles. The van der Waals surface area contributed by atoms with E-state index in [0.29, 0.717) is 10.2 Å². The fourth-order valence-electron chi connectivity index (χ4n) is 0.899. The molecule has 1 rings (SSSR count). The third kappa shape index (κ3) is 2.57. The van der Waals surface area contributed by atoms with Crippen LogP contribution in [0.25, 0.3) is 0 Å². The molecular weight excluding hydrogens is 288 g/mol. The van der Waals surface area contributed by atoms with E-state index in [0.717, 1.165) is 8.83 Å². The van der Waals surface area contributed by atoms with Gasteiger partial charge in [-0.1, -0.05) is 37.8 Å². The van der Waals surface area contributed by atoms with Crippen LogP contribution in [0.4, 0.5) is 10.5 Å². The van der Waals surface area contributed by atoms with Gasteiger partial charge in [0.1, 0.15) is 0 Å². The SMILES string of the molecule is O=C(O)N(c1ccccc1Br)N(S)S. The summed E-state index contributed by atoms with van der Waals surface area (Å²) in [5, 5.41) is 9.77. The summed E-state index contributed by atoms with van der Waals surface area (Å²) in [5.74, 6) is 0. The number of carbonyl (C=O) groups is 1. The van der Waals surface area contributed by atoms with Crippen molar-refractivity contribution in [1.82, 2.24) is 3.82 Å². The molecule has 0 heterocycles. The number of carboxylic acid groups (broad SMARTS) is 1. The second-order valence-electron chi connectivity index (χ2n) is 2.31. The Labute approximate surface area is 101 Å². The van der Waals surface area contributed by atoms with E-state index in [9.17, 15) is 4.79 Å². The van der Waals surface area contributed by atoms with Gasteiger partial charge in [0.2, 0.25) is 0 Å². The van der Waals surface area contributed by atoms with Crippen molar-refractivity contribution >= 4 is 53.3 Å². The topological polar surface area (TPSA) is 43.8 Å². The van der Waals surface area contributed by atoms with Gasteiger partial charge in [0.15, 0.2) is 0 Å². The van der Waals surface area contributed by atoms with Gasteiger partial charge in [0, 0.05) is 4.47 Å². The molecule has 0 aromatic heterocycles. The van der Waals surface area contributed by atoms with E-state index >= 15 is 0 Å². The second-order valence-corrected chi connectivity index (χ2v) is 4.24. The highest BCUT2D eigenvalue weighted by Crippen LogP contribution is 2.28. The largest absolute Gasteiger partial charge is 0.464 e. The van der Waals surface area contributed by atoms with E-state index in [2.05, 4.69) is 41.6 Å². The van der Waals surface area contributed by atoms with Crippen molar-refractivity contribution in [2.75, 3.05) is 5.01 Å². The molecule has 14 heavy (non-hydrogen) atoms. The molecule has 4 nitrogen and oxygen atoms in total. The zero-order chi connectivity index (χ0) is 10.7. The number of amides is 1. The molecule has 0 aliphatic heterocycles. The number of hydrazine groups is 1. The lowest BCUT2D eigenvalue weighted by atomic mass is 10.3. The summed E-state index contributed by atoms with van der Waals surface area (Å²) >= 11 is 10.9. The Morgan fingerprint density at radius 3 is 2.36 bits per heavy atom. The minimum atomic E-state index is -1.16. The van der Waals surface area contributed by atoms with Crippen LogP contribution in [0.5, 0.6) is 0 Å². The molecule has 0 bridgehead atoms. The van der Waals surface area contributed by atoms with Gasteiger partial charge in [0.25, 0.3) is 0 Å². The Morgan fingerprint density at radius 1 is 1.36 bits per heavy atom. The molecule has 1 aromatic rings. The van der Waals surface area contributed by atoms with Crippen LogP contribution < -0.4 is 5.01 Å². The van der Waals surface area contributed by atoms with Gasteiger partial charge >= 0.3 is 6.09 Å². The maximum Gasteiger partial charge on any atom is 0.428 e. The van der Waals surface area contributed by atoms with Crippen molar-refractivity contribution in [2.45, 2.75) is 0 Å². The Bertz CT molecular complexity index is 348. The van der Waals surface area contributed by atoms with Crippen molar-refractivity contribution < 1.29 is 9.90 Å². The number of rotatable bonds is 2. The van der Waals surface area contributed by atoms with Crippen LogP contribution in [0.2, 0.25) is 0 Å². The number of hydrogen-bond donors (Lipinski definition) is 3. The number of anilines is 1. The molecule has 0 aliphatic rings. The Morgan fingerprint density at radius 2 is 1.93 bits per heavy atom. The zero-order valence-corrected chi connectivity index (χ0v) is 10.2. The van der Waals surface area contributed by atoms with Gasteiger partial charge in [-0.15, -0.1) is 3.82 Å². The molecule has 7 heteroatoms. The van der Waals surface area contributed by atoms with Gasteiger partial charge in [0.05, 0.1) is 5.69 Å². The van der Waals surface area contributed by atoms with Gasteiger partial charge in [-0.2, -0.15) is 5.01 Å². The normalized spacial score (nSPS) is 10.3. The third-order valence-electron chi connectivity index (χ3n) is 1.44. The Kier molecular flexibility index (Phi) is 4.11. The third-order valence-corrected chi connectivity index (χ3v) is 2.47. The van der Waals surface area contributed by atoms with Crippen LogP contribution in [-0.4, -0.2) is 15.0 Å². The van der Waals surface area contributed by atoms with Crippen LogP contribution in [0.15, 0.2) is 28.7 Å². The van der Waals surface area contributed by atoms with Gasteiger partial charge in [-0.3, -0.25) is 0 Å². The predicted octanol–water partition coefficient (Wildman–Crippen LogP) is 2.84. The average molecular weight is 295 g/mol. The van der Waals surface area contributed by atoms with Crippen molar-refractivity contribution in [2.24, 2.45) is 0 Å². The molecule has 0 saturated carbocycles. The molecule has 0 atom stereocenters. The van der Waals surface area contributed by atoms with E-state index in [-0.39, 0.29) is 0 Å². The molecule has 0 fully saturated rings. The van der Waals surface area contributed by atoms with E-state index in [4.69, 9.17) is 5.11 Å². The fraction of sp³-hybridized carbons (Fsp3) is 0. The molecule has 1 aromatic carbocycles. The Hall–Kier alpha value is -0.370. The number of para-hydroxylation sites is 1. The maximum atomic E-state index is 10.9. The molecule has 0 spiro atoms. The highest BCUT2D eigenvalue weighted by Gasteiger charge is 2.20. The lowest BCUT2D eigenvalue weighted by Gasteiger charge is -2.23. The minimum absolute atomic E-state index is 0.449. The highest BCUT2D eigenvalue weighted by atomic mass is 79.9. The summed E-state index contributed by atoms with van der Waals surface area (Å²) in [6.07, 6.45) is -1.16. The first-order valence-electron chi connectivity index (χ1n) is 3.49. The van der Waals surface area contributed by atoms with E-state index in [1.807, 2.05) is 0 Å². The predicted molar refractivity (Wildman–Crippen MR) is 64.5 cm³/mol. The van der Waals surface area contributed by atoms with E-state index in [1.165, 1.54) is 0 Å². The zero-order valence-electron chi connectivity index (χ0n) is 6.83. The number of thiol groups is 2. The van der Waals surface area contributed by atoms with Crippen LogP contribution in [0.1, 0.15) is 0 Å². The summed E-state index contributed by atoms with van der Waals surface area (Å²) in [6.45, 7) is 0. The first-order valence-corrected chi connectivity index (χ1v) is 5.08. The van der Waals surface area contributed by atoms with Gasteiger partial charge in [-0.25, -0.2) is 4.79 Å². The lowest BCUT2D eigenvalue weighted by molar-refractivity contribution is 0.197. The number of hydrogen-bond acceptors (Lipinski definition) is 4. The Balaban J connectivity index is 3.12. The summed E-state index contributed by atoms with van der Waals surface area (Å²) in [7, 11) is 0. The van der Waals surface area contributed by atoms with Crippen molar-refractivity contribution in [3.8, 4) is 0 Å². The standard InChI is InChI=1S/C7H7BrN2O2S2/c8-5-3-1-2-4-6(5)9(7(11)12)10(13)14/h1-4,13-14H,(H,11,12). The molecule has 1 amide bonds. The first kappa shape index (κ1) is 11.7. The lowest BCUT2D eigenvalue weighted by Crippen LogP contribution is -2.35. The smallest absolute Gasteiger partial charge is 0.428 e. The van der Waals surface area contributed by atoms with Gasteiger partial charge < -0.3 is 5.11 Å². The first-order chi connectivity index (χ1) is 6.54. The monoisotopic (exact) mass is 294 g/mol. The van der Waals surface area contributed by atoms with Crippen molar-refractivity contribution in [3.63, 3.8) is 0 Å². The van der Waals surface area contributed by atoms with Crippen molar-refractivity contribution in [1.29, 1.82) is 0 Å². The van der Waals surface area contributed by atoms with Crippen LogP contribution >= 0.6 is 41.6 Å². The fourth-order valence-corrected chi connectivity index (χ4v) is 1.70. The number of nitrogens with zero attached hydrogens (tertiary/aromatic N) is 2. The van der Waals surface area contributed by atoms with Crippen molar-refractivity contribution in [3.05, 3.63) is 28.7 Å². The molecule has 1 N–H and O–H groups in total. The van der Waals surface area contributed by atoms with E-state index < -0.39 is 6.09 Å². The van der Waals surface area contributed by atoms with Crippen LogP contribution in [-0.2, 0) is 0 Å². The highest BCUT2D eigenvalue weighted by molar-refractivity contribution is 9.10. The molecule has 0 unspecified atom stereocenters. The van der Waals surface area contributed by atoms with Gasteiger partial charge in [-0.05, 0) is 28.1 Å².